The van der Waals surface area contributed by atoms with Crippen molar-refractivity contribution in [3.05, 3.63) is 68.6 Å². The molecule has 0 saturated carbocycles. The zero-order valence-corrected chi connectivity index (χ0v) is 18.2. The fourth-order valence-corrected chi connectivity index (χ4v) is 5.66. The predicted molar refractivity (Wildman–Crippen MR) is 116 cm³/mol. The normalized spacial score (nSPS) is 20.2. The molecule has 0 spiro atoms. The molecule has 4 heterocycles. The summed E-state index contributed by atoms with van der Waals surface area (Å²) in [6.07, 6.45) is 6.14. The Morgan fingerprint density at radius 2 is 2.06 bits per heavy atom. The van der Waals surface area contributed by atoms with E-state index in [1.165, 1.54) is 23.5 Å². The number of carbonyl (C=O) groups is 1. The zero-order chi connectivity index (χ0) is 22.6. The summed E-state index contributed by atoms with van der Waals surface area (Å²) >= 11 is 1.20. The summed E-state index contributed by atoms with van der Waals surface area (Å²) in [5.41, 5.74) is -0.105. The maximum Gasteiger partial charge on any atom is 0.275 e. The van der Waals surface area contributed by atoms with Crippen LogP contribution in [0.25, 0.3) is 10.6 Å². The van der Waals surface area contributed by atoms with Crippen molar-refractivity contribution >= 4 is 17.2 Å². The molecular weight excluding hydrogens is 436 g/mol. The number of hydrogen-bond acceptors (Lipinski definition) is 5. The highest BCUT2D eigenvalue weighted by Gasteiger charge is 2.39. The molecule has 2 aliphatic rings. The maximum absolute atomic E-state index is 14.0. The van der Waals surface area contributed by atoms with E-state index in [9.17, 15) is 23.5 Å². The Kier molecular flexibility index (Phi) is 5.08. The lowest BCUT2D eigenvalue weighted by Gasteiger charge is -2.44. The van der Waals surface area contributed by atoms with Gasteiger partial charge in [0.15, 0.2) is 11.4 Å². The third-order valence-corrected chi connectivity index (χ3v) is 7.32. The van der Waals surface area contributed by atoms with Gasteiger partial charge in [0, 0.05) is 42.3 Å². The number of thiazole rings is 1. The van der Waals surface area contributed by atoms with Crippen molar-refractivity contribution in [1.82, 2.24) is 14.5 Å². The van der Waals surface area contributed by atoms with Crippen molar-refractivity contribution in [1.29, 1.82) is 0 Å². The summed E-state index contributed by atoms with van der Waals surface area (Å²) in [6.45, 7) is 2.50. The second kappa shape index (κ2) is 7.81. The van der Waals surface area contributed by atoms with Gasteiger partial charge in [-0.05, 0) is 37.8 Å². The number of piperidine rings is 1. The van der Waals surface area contributed by atoms with Crippen LogP contribution in [-0.4, -0.2) is 37.5 Å². The highest BCUT2D eigenvalue weighted by atomic mass is 32.1. The minimum atomic E-state index is -0.651. The molecule has 2 aliphatic heterocycles. The molecule has 0 bridgehead atoms. The van der Waals surface area contributed by atoms with E-state index in [1.807, 2.05) is 6.92 Å². The van der Waals surface area contributed by atoms with E-state index in [1.54, 1.807) is 21.9 Å². The van der Waals surface area contributed by atoms with Gasteiger partial charge >= 0.3 is 0 Å². The average molecular weight is 458 g/mol. The number of halogens is 2. The fourth-order valence-electron chi connectivity index (χ4n) is 4.72. The number of benzene rings is 1. The number of aromatic hydroxyl groups is 1. The number of nitrogens with zero attached hydrogens (tertiary/aromatic N) is 3. The highest BCUT2D eigenvalue weighted by molar-refractivity contribution is 7.15. The molecule has 6 nitrogen and oxygen atoms in total. The topological polar surface area (TPSA) is 75.4 Å². The van der Waals surface area contributed by atoms with Crippen molar-refractivity contribution in [2.45, 2.75) is 51.2 Å². The number of rotatable bonds is 3. The first-order valence-corrected chi connectivity index (χ1v) is 11.3. The van der Waals surface area contributed by atoms with Crippen LogP contribution in [0.5, 0.6) is 5.75 Å². The summed E-state index contributed by atoms with van der Waals surface area (Å²) in [7, 11) is 0. The van der Waals surface area contributed by atoms with E-state index < -0.39 is 22.8 Å². The fraction of sp³-hybridized carbons (Fsp3) is 0.348. The smallest absolute Gasteiger partial charge is 0.275 e. The molecule has 3 aromatic rings. The molecule has 1 amide bonds. The van der Waals surface area contributed by atoms with Crippen LogP contribution in [0.2, 0.25) is 0 Å². The van der Waals surface area contributed by atoms with Crippen LogP contribution >= 0.6 is 11.3 Å². The Bertz CT molecular complexity index is 1290. The molecule has 5 rings (SSSR count). The molecule has 166 valence electrons. The predicted octanol–water partition coefficient (Wildman–Crippen LogP) is 3.94. The average Bonchev–Trinajstić information content (AvgIpc) is 3.21. The zero-order valence-electron chi connectivity index (χ0n) is 17.3. The van der Waals surface area contributed by atoms with Gasteiger partial charge in [0.1, 0.15) is 16.6 Å². The van der Waals surface area contributed by atoms with Gasteiger partial charge in [0.05, 0.1) is 11.6 Å². The first-order valence-electron chi connectivity index (χ1n) is 10.5. The Morgan fingerprint density at radius 1 is 1.25 bits per heavy atom. The summed E-state index contributed by atoms with van der Waals surface area (Å²) in [5.74, 6) is -2.17. The van der Waals surface area contributed by atoms with Crippen LogP contribution in [0.1, 0.15) is 47.1 Å². The minimum Gasteiger partial charge on any atom is -0.503 e. The van der Waals surface area contributed by atoms with Crippen LogP contribution in [0.3, 0.4) is 0 Å². The summed E-state index contributed by atoms with van der Waals surface area (Å²) in [6, 6.07) is 3.50. The molecule has 9 heteroatoms. The third kappa shape index (κ3) is 3.40. The first-order chi connectivity index (χ1) is 15.3. The molecule has 1 aromatic carbocycles. The molecule has 1 saturated heterocycles. The summed E-state index contributed by atoms with van der Waals surface area (Å²) in [5, 5.41) is 11.0. The van der Waals surface area contributed by atoms with Gasteiger partial charge in [-0.1, -0.05) is 6.07 Å². The van der Waals surface area contributed by atoms with Crippen molar-refractivity contribution < 1.29 is 18.7 Å². The second-order valence-electron chi connectivity index (χ2n) is 8.41. The van der Waals surface area contributed by atoms with Crippen LogP contribution < -0.4 is 5.43 Å². The van der Waals surface area contributed by atoms with Gasteiger partial charge in [0.25, 0.3) is 5.91 Å². The van der Waals surface area contributed by atoms with Gasteiger partial charge in [0.2, 0.25) is 5.43 Å². The number of hydrogen-bond donors (Lipinski definition) is 1. The number of aromatic nitrogens is 2. The van der Waals surface area contributed by atoms with Crippen LogP contribution in [0.15, 0.2) is 35.4 Å². The van der Waals surface area contributed by atoms with Crippen LogP contribution in [-0.2, 0) is 13.0 Å². The Balaban J connectivity index is 1.50. The monoisotopic (exact) mass is 457 g/mol. The maximum atomic E-state index is 14.0. The van der Waals surface area contributed by atoms with Gasteiger partial charge in [-0.25, -0.2) is 13.8 Å². The van der Waals surface area contributed by atoms with E-state index in [2.05, 4.69) is 4.98 Å². The van der Waals surface area contributed by atoms with E-state index >= 15 is 0 Å². The molecule has 1 N–H and O–H groups in total. The molecule has 0 unspecified atom stereocenters. The Hall–Kier alpha value is -3.07. The molecule has 2 aromatic heterocycles. The molecule has 2 atom stereocenters. The molecule has 1 fully saturated rings. The number of amides is 1. The third-order valence-electron chi connectivity index (χ3n) is 6.29. The lowest BCUT2D eigenvalue weighted by molar-refractivity contribution is 0.0357. The van der Waals surface area contributed by atoms with Crippen LogP contribution in [0, 0.1) is 11.6 Å². The molecular formula is C23H21F2N3O3S. The lowest BCUT2D eigenvalue weighted by atomic mass is 9.93. The van der Waals surface area contributed by atoms with Gasteiger partial charge in [-0.2, -0.15) is 0 Å². The van der Waals surface area contributed by atoms with E-state index in [0.717, 1.165) is 25.3 Å². The van der Waals surface area contributed by atoms with Crippen LogP contribution in [0.4, 0.5) is 8.78 Å². The highest BCUT2D eigenvalue weighted by Crippen LogP contribution is 2.34. The Labute approximate surface area is 186 Å². The molecule has 32 heavy (non-hydrogen) atoms. The SMILES string of the molecule is C[C@H]1CCC[C@@H]2Cn3cc(-c4ncc(Cc5ccc(F)cc5F)s4)c(=O)c(O)c3C(=O)N21. The molecule has 0 aliphatic carbocycles. The second-order valence-corrected chi connectivity index (χ2v) is 9.53. The van der Waals surface area contributed by atoms with E-state index in [0.29, 0.717) is 22.0 Å². The van der Waals surface area contributed by atoms with Crippen molar-refractivity contribution in [2.75, 3.05) is 0 Å². The number of carbonyl (C=O) groups excluding carboxylic acids is 1. The minimum absolute atomic E-state index is 0.0221. The first kappa shape index (κ1) is 20.8. The van der Waals surface area contributed by atoms with Crippen molar-refractivity contribution in [3.8, 4) is 16.3 Å². The number of fused-ring (bicyclic) bond motifs is 2. The van der Waals surface area contributed by atoms with Crippen molar-refractivity contribution in [3.63, 3.8) is 0 Å². The number of pyridine rings is 1. The lowest BCUT2D eigenvalue weighted by Crippen LogP contribution is -2.54. The van der Waals surface area contributed by atoms with Crippen molar-refractivity contribution in [2.24, 2.45) is 0 Å². The van der Waals surface area contributed by atoms with Gasteiger partial charge in [-0.15, -0.1) is 11.3 Å². The largest absolute Gasteiger partial charge is 0.503 e. The van der Waals surface area contributed by atoms with E-state index in [-0.39, 0.29) is 35.7 Å². The van der Waals surface area contributed by atoms with E-state index in [4.69, 9.17) is 0 Å². The molecule has 0 radical (unpaired) electrons. The quantitative estimate of drug-likeness (QED) is 0.647. The van der Waals surface area contributed by atoms with Gasteiger partial charge in [-0.3, -0.25) is 9.59 Å². The Morgan fingerprint density at radius 3 is 2.84 bits per heavy atom. The summed E-state index contributed by atoms with van der Waals surface area (Å²) < 4.78 is 28.8. The summed E-state index contributed by atoms with van der Waals surface area (Å²) in [4.78, 5) is 32.8. The standard InChI is InChI=1S/C23H21F2N3O3S/c1-12-3-2-4-15-10-27-11-17(20(29)21(30)19(27)23(31)28(12)15)22-26-9-16(32-22)7-13-5-6-14(24)8-18(13)25/h5-6,8-9,11-12,15,30H,2-4,7,10H2,1H3/t12-,15+/m0/s1. The van der Waals surface area contributed by atoms with Gasteiger partial charge < -0.3 is 14.6 Å².